The molecule has 1 atom stereocenters. The summed E-state index contributed by atoms with van der Waals surface area (Å²) >= 11 is 0. The molecule has 2 aliphatic heterocycles. The van der Waals surface area contributed by atoms with Crippen LogP contribution in [0.2, 0.25) is 0 Å². The molecule has 0 radical (unpaired) electrons. The second-order valence-electron chi connectivity index (χ2n) is 8.83. The maximum absolute atomic E-state index is 12.7. The first kappa shape index (κ1) is 25.0. The van der Waals surface area contributed by atoms with E-state index in [1.54, 1.807) is 7.05 Å². The van der Waals surface area contributed by atoms with Crippen molar-refractivity contribution in [1.29, 1.82) is 0 Å². The van der Waals surface area contributed by atoms with Crippen molar-refractivity contribution in [3.05, 3.63) is 35.4 Å². The molecule has 8 nitrogen and oxygen atoms in total. The first-order valence-corrected chi connectivity index (χ1v) is 10.7. The number of aryl methyl sites for hydroxylation is 1. The standard InChI is InChI=1S/C20H27N3O3.C2HF3O2/c1-14-4-3-5-16(8-14)19(25)23-12-20(13-23)11-22(9-15-6-7-15)17(10-26-20)18(24)21-2;3-2(4,5)1(6)7/h3-5,8,15,17H,6-7,9-13H2,1-2H3,(H,21,24);(H,6,7). The lowest BCUT2D eigenvalue weighted by Gasteiger charge is -2.55. The molecule has 1 spiro atoms. The summed E-state index contributed by atoms with van der Waals surface area (Å²) in [6, 6.07) is 7.49. The fourth-order valence-electron chi connectivity index (χ4n) is 4.06. The summed E-state index contributed by atoms with van der Waals surface area (Å²) in [7, 11) is 1.67. The molecule has 0 bridgehead atoms. The predicted octanol–water partition coefficient (Wildman–Crippen LogP) is 1.68. The molecular weight excluding hydrogens is 443 g/mol. The zero-order valence-corrected chi connectivity index (χ0v) is 18.5. The lowest BCUT2D eigenvalue weighted by atomic mass is 9.89. The van der Waals surface area contributed by atoms with Crippen LogP contribution in [0, 0.1) is 12.8 Å². The highest BCUT2D eigenvalue weighted by molar-refractivity contribution is 5.95. The van der Waals surface area contributed by atoms with E-state index in [1.165, 1.54) is 12.8 Å². The first-order valence-electron chi connectivity index (χ1n) is 10.7. The van der Waals surface area contributed by atoms with E-state index in [4.69, 9.17) is 14.6 Å². The van der Waals surface area contributed by atoms with Crippen molar-refractivity contribution in [3.8, 4) is 0 Å². The van der Waals surface area contributed by atoms with Crippen molar-refractivity contribution in [1.82, 2.24) is 15.1 Å². The van der Waals surface area contributed by atoms with Crippen molar-refractivity contribution in [2.24, 2.45) is 5.92 Å². The number of carboxylic acid groups (broad SMARTS) is 1. The van der Waals surface area contributed by atoms with Gasteiger partial charge in [0.25, 0.3) is 5.91 Å². The van der Waals surface area contributed by atoms with Crippen LogP contribution >= 0.6 is 0 Å². The molecule has 4 rings (SSSR count). The van der Waals surface area contributed by atoms with Crippen molar-refractivity contribution < 1.29 is 37.4 Å². The Bertz CT molecular complexity index is 898. The monoisotopic (exact) mass is 471 g/mol. The van der Waals surface area contributed by atoms with Crippen molar-refractivity contribution in [2.45, 2.75) is 37.6 Å². The van der Waals surface area contributed by atoms with Crippen LogP contribution in [-0.4, -0.2) is 90.3 Å². The molecule has 33 heavy (non-hydrogen) atoms. The molecule has 3 fully saturated rings. The van der Waals surface area contributed by atoms with Crippen molar-refractivity contribution >= 4 is 17.8 Å². The minimum Gasteiger partial charge on any atom is -0.475 e. The minimum absolute atomic E-state index is 0.0208. The number of nitrogens with zero attached hydrogens (tertiary/aromatic N) is 2. The number of carbonyl (C=O) groups excluding carboxylic acids is 2. The van der Waals surface area contributed by atoms with Gasteiger partial charge in [-0.3, -0.25) is 14.5 Å². The maximum atomic E-state index is 12.7. The number of likely N-dealkylation sites (tertiary alicyclic amines) is 1. The van der Waals surface area contributed by atoms with Gasteiger partial charge in [-0.15, -0.1) is 0 Å². The van der Waals surface area contributed by atoms with Crippen LogP contribution in [0.4, 0.5) is 13.2 Å². The molecule has 3 aliphatic rings. The van der Waals surface area contributed by atoms with Crippen LogP contribution in [0.15, 0.2) is 24.3 Å². The molecule has 2 N–H and O–H groups in total. The number of nitrogens with one attached hydrogen (secondary N) is 1. The van der Waals surface area contributed by atoms with Gasteiger partial charge in [0.2, 0.25) is 5.91 Å². The highest BCUT2D eigenvalue weighted by Gasteiger charge is 2.52. The highest BCUT2D eigenvalue weighted by atomic mass is 19.4. The number of morpholine rings is 1. The number of ether oxygens (including phenoxy) is 1. The lowest BCUT2D eigenvalue weighted by molar-refractivity contribution is -0.192. The summed E-state index contributed by atoms with van der Waals surface area (Å²) in [5.74, 6) is -1.97. The van der Waals surface area contributed by atoms with E-state index >= 15 is 0 Å². The summed E-state index contributed by atoms with van der Waals surface area (Å²) in [6.07, 6.45) is -2.58. The molecule has 1 saturated carbocycles. The highest BCUT2D eigenvalue weighted by Crippen LogP contribution is 2.36. The molecule has 2 saturated heterocycles. The molecule has 1 aromatic carbocycles. The Hall–Kier alpha value is -2.66. The predicted molar refractivity (Wildman–Crippen MR) is 112 cm³/mol. The molecular formula is C22H28F3N3O5. The minimum atomic E-state index is -5.08. The van der Waals surface area contributed by atoms with Crippen LogP contribution in [0.1, 0.15) is 28.8 Å². The number of halogens is 3. The number of likely N-dealkylation sites (N-methyl/N-ethyl adjacent to an activating group) is 1. The van der Waals surface area contributed by atoms with E-state index in [1.807, 2.05) is 36.1 Å². The van der Waals surface area contributed by atoms with Crippen LogP contribution in [-0.2, 0) is 14.3 Å². The summed E-state index contributed by atoms with van der Waals surface area (Å²) < 4.78 is 37.8. The Balaban J connectivity index is 0.000000383. The van der Waals surface area contributed by atoms with Crippen LogP contribution in [0.3, 0.4) is 0 Å². The van der Waals surface area contributed by atoms with E-state index in [-0.39, 0.29) is 23.5 Å². The number of carbonyl (C=O) groups is 3. The summed E-state index contributed by atoms with van der Waals surface area (Å²) in [5.41, 5.74) is 1.50. The van der Waals surface area contributed by atoms with Crippen LogP contribution in [0.5, 0.6) is 0 Å². The Labute approximate surface area is 189 Å². The summed E-state index contributed by atoms with van der Waals surface area (Å²) in [6.45, 7) is 5.27. The van der Waals surface area contributed by atoms with E-state index in [0.29, 0.717) is 25.6 Å². The second-order valence-corrected chi connectivity index (χ2v) is 8.83. The third-order valence-corrected chi connectivity index (χ3v) is 5.97. The molecule has 2 heterocycles. The Morgan fingerprint density at radius 1 is 1.21 bits per heavy atom. The fourth-order valence-corrected chi connectivity index (χ4v) is 4.06. The van der Waals surface area contributed by atoms with Crippen LogP contribution in [0.25, 0.3) is 0 Å². The topological polar surface area (TPSA) is 99.2 Å². The molecule has 1 aromatic rings. The van der Waals surface area contributed by atoms with Gasteiger partial charge < -0.3 is 20.1 Å². The number of carboxylic acids is 1. The van der Waals surface area contributed by atoms with Gasteiger partial charge in [-0.25, -0.2) is 4.79 Å². The number of hydrogen-bond donors (Lipinski definition) is 2. The van der Waals surface area contributed by atoms with E-state index in [9.17, 15) is 22.8 Å². The molecule has 2 amide bonds. The molecule has 0 aromatic heterocycles. The van der Waals surface area contributed by atoms with Crippen LogP contribution < -0.4 is 5.32 Å². The largest absolute Gasteiger partial charge is 0.490 e. The zero-order chi connectivity index (χ0) is 24.4. The summed E-state index contributed by atoms with van der Waals surface area (Å²) in [4.78, 5) is 37.9. The SMILES string of the molecule is CNC(=O)C1COC2(CN(C(=O)c3cccc(C)c3)C2)CN1CC1CC1.O=C(O)C(F)(F)F. The van der Waals surface area contributed by atoms with Gasteiger partial charge in [-0.1, -0.05) is 17.7 Å². The average molecular weight is 471 g/mol. The Morgan fingerprint density at radius 3 is 2.36 bits per heavy atom. The first-order chi connectivity index (χ1) is 15.4. The number of aliphatic carboxylic acids is 1. The number of rotatable bonds is 4. The van der Waals surface area contributed by atoms with Crippen molar-refractivity contribution in [2.75, 3.05) is 39.8 Å². The van der Waals surface area contributed by atoms with Gasteiger partial charge in [-0.05, 0) is 37.8 Å². The molecule has 1 unspecified atom stereocenters. The van der Waals surface area contributed by atoms with Gasteiger partial charge in [0.15, 0.2) is 0 Å². The fraction of sp³-hybridized carbons (Fsp3) is 0.591. The van der Waals surface area contributed by atoms with Gasteiger partial charge >= 0.3 is 12.1 Å². The smallest absolute Gasteiger partial charge is 0.475 e. The summed E-state index contributed by atoms with van der Waals surface area (Å²) in [5, 5.41) is 9.88. The zero-order valence-electron chi connectivity index (χ0n) is 18.5. The lowest BCUT2D eigenvalue weighted by Crippen LogP contribution is -2.73. The quantitative estimate of drug-likeness (QED) is 0.694. The normalized spacial score (nSPS) is 22.1. The van der Waals surface area contributed by atoms with Gasteiger partial charge in [0.1, 0.15) is 11.6 Å². The van der Waals surface area contributed by atoms with E-state index < -0.39 is 12.1 Å². The maximum Gasteiger partial charge on any atom is 0.490 e. The molecule has 182 valence electrons. The number of alkyl halides is 3. The molecule has 11 heteroatoms. The third kappa shape index (κ3) is 6.23. The number of hydrogen-bond acceptors (Lipinski definition) is 5. The third-order valence-electron chi connectivity index (χ3n) is 5.97. The van der Waals surface area contributed by atoms with Gasteiger partial charge in [0.05, 0.1) is 19.7 Å². The van der Waals surface area contributed by atoms with E-state index in [0.717, 1.165) is 24.2 Å². The second kappa shape index (κ2) is 9.68. The Kier molecular flexibility index (Phi) is 7.32. The van der Waals surface area contributed by atoms with Crippen molar-refractivity contribution in [3.63, 3.8) is 0 Å². The van der Waals surface area contributed by atoms with Gasteiger partial charge in [-0.2, -0.15) is 13.2 Å². The number of amides is 2. The Morgan fingerprint density at radius 2 is 1.85 bits per heavy atom. The molecule has 1 aliphatic carbocycles. The van der Waals surface area contributed by atoms with Gasteiger partial charge in [0, 0.05) is 25.7 Å². The van der Waals surface area contributed by atoms with E-state index in [2.05, 4.69) is 10.2 Å². The number of benzene rings is 1. The average Bonchev–Trinajstić information content (AvgIpc) is 3.54.